The molecule has 0 saturated carbocycles. The molecule has 12 heteroatoms. The number of hydrogen-bond donors (Lipinski definition) is 1. The van der Waals surface area contributed by atoms with Crippen molar-refractivity contribution in [3.05, 3.63) is 88.9 Å². The van der Waals surface area contributed by atoms with Gasteiger partial charge in [0.15, 0.2) is 0 Å². The summed E-state index contributed by atoms with van der Waals surface area (Å²) in [5, 5.41) is 21.1. The minimum atomic E-state index is -1.05. The van der Waals surface area contributed by atoms with Crippen molar-refractivity contribution in [2.24, 2.45) is 5.73 Å². The summed E-state index contributed by atoms with van der Waals surface area (Å²) in [7, 11) is 2.26. The molecular weight excluding hydrogens is 457 g/mol. The van der Waals surface area contributed by atoms with E-state index in [4.69, 9.17) is 15.2 Å². The Hall–Kier alpha value is -5.05. The number of nitriles is 1. The zero-order valence-corrected chi connectivity index (χ0v) is 18.5. The predicted molar refractivity (Wildman–Crippen MR) is 119 cm³/mol. The van der Waals surface area contributed by atoms with Crippen LogP contribution < -0.4 is 10.6 Å². The molecule has 0 radical (unpaired) electrons. The first-order chi connectivity index (χ1) is 16.9. The Morgan fingerprint density at radius 1 is 1.09 bits per heavy atom. The van der Waals surface area contributed by atoms with Crippen molar-refractivity contribution in [2.75, 3.05) is 19.1 Å². The number of methoxy groups -OCH3 is 2. The number of ether oxygens (including phenoxy) is 2. The number of carbonyl (C=O) groups is 2. The molecule has 0 amide bonds. The van der Waals surface area contributed by atoms with Crippen LogP contribution >= 0.6 is 0 Å². The molecule has 0 bridgehead atoms. The van der Waals surface area contributed by atoms with E-state index in [1.807, 2.05) is 6.07 Å². The van der Waals surface area contributed by atoms with Gasteiger partial charge in [-0.2, -0.15) is 9.94 Å². The zero-order chi connectivity index (χ0) is 25.1. The predicted octanol–water partition coefficient (Wildman–Crippen LogP) is 1.70. The molecule has 0 saturated heterocycles. The Balaban J connectivity index is 2.11. The summed E-state index contributed by atoms with van der Waals surface area (Å²) in [6.07, 6.45) is 1.25. The molecule has 35 heavy (non-hydrogen) atoms. The molecule has 176 valence electrons. The Morgan fingerprint density at radius 2 is 1.80 bits per heavy atom. The number of aromatic nitrogens is 4. The van der Waals surface area contributed by atoms with Gasteiger partial charge in [0.05, 0.1) is 48.7 Å². The monoisotopic (exact) mass is 475 g/mol. The number of nitrogens with zero attached hydrogens (tertiary/aromatic N) is 6. The minimum Gasteiger partial charge on any atom is -0.466 e. The van der Waals surface area contributed by atoms with Gasteiger partial charge in [0.2, 0.25) is 0 Å². The van der Waals surface area contributed by atoms with Gasteiger partial charge in [0, 0.05) is 6.07 Å². The minimum absolute atomic E-state index is 0.0177. The fourth-order valence-electron chi connectivity index (χ4n) is 3.90. The summed E-state index contributed by atoms with van der Waals surface area (Å²) in [5.74, 6) is -3.81. The van der Waals surface area contributed by atoms with Gasteiger partial charge in [0.25, 0.3) is 0 Å². The average molecular weight is 475 g/mol. The molecule has 0 aliphatic carbocycles. The SMILES string of the molecule is COC(=O)C1=C(C(=O)OC)N(c2cc(F)ccc2-n2cnnn2)C(N)=C(C#N)C1c1ccccc1. The first-order valence-electron chi connectivity index (χ1n) is 10.1. The molecule has 2 heterocycles. The number of esters is 2. The summed E-state index contributed by atoms with van der Waals surface area (Å²) in [4.78, 5) is 27.3. The van der Waals surface area contributed by atoms with Crippen molar-refractivity contribution in [3.8, 4) is 11.8 Å². The number of rotatable bonds is 5. The van der Waals surface area contributed by atoms with Crippen LogP contribution in [0.2, 0.25) is 0 Å². The van der Waals surface area contributed by atoms with Crippen LogP contribution in [0.15, 0.2) is 77.5 Å². The van der Waals surface area contributed by atoms with Crippen LogP contribution in [0.4, 0.5) is 10.1 Å². The first-order valence-corrected chi connectivity index (χ1v) is 10.1. The van der Waals surface area contributed by atoms with E-state index in [2.05, 4.69) is 15.5 Å². The van der Waals surface area contributed by atoms with E-state index in [9.17, 15) is 19.2 Å². The number of hydrogen-bond acceptors (Lipinski definition) is 10. The fourth-order valence-corrected chi connectivity index (χ4v) is 3.90. The summed E-state index contributed by atoms with van der Waals surface area (Å²) >= 11 is 0. The summed E-state index contributed by atoms with van der Waals surface area (Å²) in [5.41, 5.74) is 6.55. The number of halogens is 1. The van der Waals surface area contributed by atoms with E-state index in [0.29, 0.717) is 5.56 Å². The third-order valence-corrected chi connectivity index (χ3v) is 5.38. The maximum Gasteiger partial charge on any atom is 0.355 e. The van der Waals surface area contributed by atoms with E-state index < -0.39 is 23.7 Å². The van der Waals surface area contributed by atoms with Gasteiger partial charge in [-0.15, -0.1) is 5.10 Å². The second kappa shape index (κ2) is 9.44. The van der Waals surface area contributed by atoms with E-state index >= 15 is 0 Å². The van der Waals surface area contributed by atoms with Gasteiger partial charge in [-0.3, -0.25) is 4.90 Å². The number of anilines is 1. The normalized spacial score (nSPS) is 15.6. The lowest BCUT2D eigenvalue weighted by atomic mass is 9.81. The molecule has 0 spiro atoms. The van der Waals surface area contributed by atoms with Crippen molar-refractivity contribution in [3.63, 3.8) is 0 Å². The molecule has 0 fully saturated rings. The molecular formula is C23H18FN7O4. The van der Waals surface area contributed by atoms with Crippen molar-refractivity contribution >= 4 is 17.6 Å². The Bertz CT molecular complexity index is 1390. The third-order valence-electron chi connectivity index (χ3n) is 5.38. The van der Waals surface area contributed by atoms with Crippen molar-refractivity contribution in [2.45, 2.75) is 5.92 Å². The molecule has 1 aromatic heterocycles. The van der Waals surface area contributed by atoms with Crippen LogP contribution in [0.1, 0.15) is 11.5 Å². The second-order valence-corrected chi connectivity index (χ2v) is 7.22. The van der Waals surface area contributed by atoms with Gasteiger partial charge in [-0.05, 0) is 28.1 Å². The number of benzene rings is 2. The quantitative estimate of drug-likeness (QED) is 0.540. The van der Waals surface area contributed by atoms with E-state index in [-0.39, 0.29) is 34.0 Å². The fraction of sp³-hybridized carbons (Fsp3) is 0.130. The van der Waals surface area contributed by atoms with Crippen molar-refractivity contribution in [1.29, 1.82) is 5.26 Å². The third kappa shape index (κ3) is 3.95. The number of allylic oxidation sites excluding steroid dienone is 1. The average Bonchev–Trinajstić information content (AvgIpc) is 3.42. The standard InChI is InChI=1S/C23H18FN7O4/c1-34-22(32)19-18(13-6-4-3-5-7-13)15(11-25)21(26)31(20(19)23(33)35-2)17-10-14(24)8-9-16(17)30-12-27-28-29-30/h3-10,12,18H,26H2,1-2H3. The Labute approximate surface area is 198 Å². The lowest BCUT2D eigenvalue weighted by Gasteiger charge is -2.36. The summed E-state index contributed by atoms with van der Waals surface area (Å²) in [6, 6.07) is 14.2. The van der Waals surface area contributed by atoms with Crippen LogP contribution in [0.5, 0.6) is 0 Å². The van der Waals surface area contributed by atoms with E-state index in [1.54, 1.807) is 30.3 Å². The lowest BCUT2D eigenvalue weighted by molar-refractivity contribution is -0.139. The molecule has 1 aliphatic rings. The van der Waals surface area contributed by atoms with Gasteiger partial charge in [-0.25, -0.2) is 14.0 Å². The number of tetrazole rings is 1. The first kappa shape index (κ1) is 23.1. The van der Waals surface area contributed by atoms with Crippen LogP contribution in [0.3, 0.4) is 0 Å². The molecule has 1 aliphatic heterocycles. The second-order valence-electron chi connectivity index (χ2n) is 7.22. The Morgan fingerprint density at radius 3 is 2.40 bits per heavy atom. The zero-order valence-electron chi connectivity index (χ0n) is 18.5. The largest absolute Gasteiger partial charge is 0.466 e. The smallest absolute Gasteiger partial charge is 0.355 e. The highest BCUT2D eigenvalue weighted by atomic mass is 19.1. The summed E-state index contributed by atoms with van der Waals surface area (Å²) in [6.45, 7) is 0. The van der Waals surface area contributed by atoms with Crippen LogP contribution in [0, 0.1) is 17.1 Å². The highest BCUT2D eigenvalue weighted by molar-refractivity contribution is 6.06. The highest BCUT2D eigenvalue weighted by Gasteiger charge is 2.43. The van der Waals surface area contributed by atoms with E-state index in [0.717, 1.165) is 31.3 Å². The van der Waals surface area contributed by atoms with Crippen LogP contribution in [-0.2, 0) is 19.1 Å². The number of carbonyl (C=O) groups excluding carboxylic acids is 2. The van der Waals surface area contributed by atoms with Gasteiger partial charge >= 0.3 is 11.9 Å². The van der Waals surface area contributed by atoms with Crippen LogP contribution in [-0.4, -0.2) is 46.4 Å². The maximum absolute atomic E-state index is 14.5. The summed E-state index contributed by atoms with van der Waals surface area (Å²) < 4.78 is 25.7. The molecule has 11 nitrogen and oxygen atoms in total. The van der Waals surface area contributed by atoms with Crippen molar-refractivity contribution < 1.29 is 23.5 Å². The topological polar surface area (TPSA) is 149 Å². The number of nitrogens with two attached hydrogens (primary N) is 1. The molecule has 1 unspecified atom stereocenters. The van der Waals surface area contributed by atoms with Crippen LogP contribution in [0.25, 0.3) is 5.69 Å². The van der Waals surface area contributed by atoms with E-state index in [1.165, 1.54) is 17.1 Å². The molecule has 2 N–H and O–H groups in total. The molecule has 1 atom stereocenters. The highest BCUT2D eigenvalue weighted by Crippen LogP contribution is 2.44. The maximum atomic E-state index is 14.5. The molecule has 3 aromatic rings. The van der Waals surface area contributed by atoms with Gasteiger partial charge in [-0.1, -0.05) is 30.3 Å². The Kier molecular flexibility index (Phi) is 6.23. The van der Waals surface area contributed by atoms with Crippen molar-refractivity contribution in [1.82, 2.24) is 20.2 Å². The molecule has 2 aromatic carbocycles. The molecule has 4 rings (SSSR count). The van der Waals surface area contributed by atoms with Gasteiger partial charge < -0.3 is 15.2 Å². The van der Waals surface area contributed by atoms with Gasteiger partial charge in [0.1, 0.15) is 23.7 Å². The lowest BCUT2D eigenvalue weighted by Crippen LogP contribution is -2.41.